The van der Waals surface area contributed by atoms with Crippen LogP contribution >= 0.6 is 0 Å². The van der Waals surface area contributed by atoms with E-state index >= 15 is 0 Å². The Hall–Kier alpha value is -1.99. The maximum Gasteiger partial charge on any atom is 1.00 e. The van der Waals surface area contributed by atoms with Gasteiger partial charge in [0.15, 0.2) is 0 Å². The summed E-state index contributed by atoms with van der Waals surface area (Å²) in [7, 11) is -15.4. The molecular formula is C25H16N3Na3O14S3. The van der Waals surface area contributed by atoms with Gasteiger partial charge in [-0.2, -0.15) is 0 Å². The summed E-state index contributed by atoms with van der Waals surface area (Å²) in [5.41, 5.74) is -1.42. The SMILES string of the molecule is COc1ccc(C(=O)Nc2ccc(S(=O)(=O)[O-])c3cc(S(=O)(=O)[O-])cc(S(=O)(=O)[O-])c23)cc1NC(=O)c1cccc([N+](=O)[O-])c1.[Na+].[Na+].[Na+]. The second-order valence-corrected chi connectivity index (χ2v) is 13.0. The number of benzene rings is 4. The number of fused-ring (bicyclic) bond motifs is 1. The van der Waals surface area contributed by atoms with Crippen molar-refractivity contribution in [1.82, 2.24) is 0 Å². The first-order chi connectivity index (χ1) is 20.8. The number of carbonyl (C=O) groups excluding carboxylic acids is 2. The molecule has 0 atom stereocenters. The summed E-state index contributed by atoms with van der Waals surface area (Å²) in [5.74, 6) is -1.85. The number of hydrogen-bond donors (Lipinski definition) is 2. The smallest absolute Gasteiger partial charge is 0.744 e. The van der Waals surface area contributed by atoms with E-state index in [2.05, 4.69) is 10.6 Å². The van der Waals surface area contributed by atoms with Gasteiger partial charge in [-0.1, -0.05) is 6.07 Å². The molecule has 2 amide bonds. The molecule has 4 aromatic carbocycles. The first-order valence-corrected chi connectivity index (χ1v) is 16.1. The van der Waals surface area contributed by atoms with E-state index in [1.807, 2.05) is 0 Å². The van der Waals surface area contributed by atoms with Crippen LogP contribution in [0.25, 0.3) is 10.8 Å². The molecule has 0 aliphatic rings. The number of non-ortho nitro benzene ring substituents is 1. The molecule has 23 heteroatoms. The maximum absolute atomic E-state index is 13.3. The molecule has 0 aliphatic carbocycles. The van der Waals surface area contributed by atoms with Crippen molar-refractivity contribution in [3.63, 3.8) is 0 Å². The summed E-state index contributed by atoms with van der Waals surface area (Å²) in [6, 6.07) is 10.1. The Bertz CT molecular complexity index is 2270. The minimum absolute atomic E-state index is 0. The molecule has 0 bridgehead atoms. The Balaban J connectivity index is 0.00000384. The van der Waals surface area contributed by atoms with E-state index in [9.17, 15) is 58.6 Å². The largest absolute Gasteiger partial charge is 1.00 e. The molecule has 0 saturated carbocycles. The number of nitrogens with one attached hydrogen (secondary N) is 2. The van der Waals surface area contributed by atoms with E-state index in [4.69, 9.17) is 4.74 Å². The van der Waals surface area contributed by atoms with Crippen molar-refractivity contribution in [1.29, 1.82) is 0 Å². The van der Waals surface area contributed by atoms with Gasteiger partial charge in [0.05, 0.1) is 38.1 Å². The molecule has 48 heavy (non-hydrogen) atoms. The molecule has 2 N–H and O–H groups in total. The first kappa shape index (κ1) is 44.0. The van der Waals surface area contributed by atoms with Crippen LogP contribution in [0.4, 0.5) is 17.1 Å². The Morgan fingerprint density at radius 2 is 1.25 bits per heavy atom. The van der Waals surface area contributed by atoms with Crippen LogP contribution in [0.15, 0.2) is 81.4 Å². The molecule has 0 heterocycles. The Kier molecular flexibility index (Phi) is 15.4. The van der Waals surface area contributed by atoms with Gasteiger partial charge < -0.3 is 29.0 Å². The minimum Gasteiger partial charge on any atom is -0.744 e. The number of ether oxygens (including phenoxy) is 1. The Morgan fingerprint density at radius 1 is 0.688 bits per heavy atom. The molecule has 17 nitrogen and oxygen atoms in total. The molecule has 4 rings (SSSR count). The number of anilines is 2. The van der Waals surface area contributed by atoms with E-state index in [0.29, 0.717) is 12.1 Å². The van der Waals surface area contributed by atoms with Crippen LogP contribution in [0.5, 0.6) is 5.75 Å². The summed E-state index contributed by atoms with van der Waals surface area (Å²) in [5, 5.41) is 13.9. The molecule has 0 saturated heterocycles. The summed E-state index contributed by atoms with van der Waals surface area (Å²) >= 11 is 0. The van der Waals surface area contributed by atoms with Crippen LogP contribution < -0.4 is 104 Å². The first-order valence-electron chi connectivity index (χ1n) is 11.8. The van der Waals surface area contributed by atoms with Gasteiger partial charge in [0.1, 0.15) is 36.1 Å². The second-order valence-electron chi connectivity index (χ2n) is 8.95. The molecule has 0 aliphatic heterocycles. The van der Waals surface area contributed by atoms with Gasteiger partial charge in [-0.25, -0.2) is 25.3 Å². The molecule has 0 fully saturated rings. The second kappa shape index (κ2) is 16.8. The van der Waals surface area contributed by atoms with Crippen LogP contribution in [0.1, 0.15) is 20.7 Å². The summed E-state index contributed by atoms with van der Waals surface area (Å²) < 4.78 is 112. The van der Waals surface area contributed by atoms with Crippen molar-refractivity contribution in [3.8, 4) is 5.75 Å². The standard InChI is InChI=1S/C25H19N3O14S3.3Na/c1-42-20-7-5-14(10-19(20)27-24(29)13-3-2-4-15(9-13)28(31)32)25(30)26-18-6-8-21(44(36,37)38)17-11-16(43(33,34)35)12-22(23(17)18)45(39,40)41;;;/h2-12H,1H3,(H,26,30)(H,27,29)(H,33,34,35)(H,36,37,38)(H,39,40,41);;;/q;3*+1/p-3. The van der Waals surface area contributed by atoms with Crippen LogP contribution in [-0.2, 0) is 30.4 Å². The van der Waals surface area contributed by atoms with E-state index in [1.165, 1.54) is 31.4 Å². The average molecular weight is 748 g/mol. The van der Waals surface area contributed by atoms with E-state index < -0.39 is 78.2 Å². The van der Waals surface area contributed by atoms with Crippen molar-refractivity contribution in [2.45, 2.75) is 14.7 Å². The van der Waals surface area contributed by atoms with Crippen molar-refractivity contribution in [3.05, 3.63) is 88.0 Å². The van der Waals surface area contributed by atoms with Gasteiger partial charge in [-0.3, -0.25) is 19.7 Å². The topological polar surface area (TPSA) is 282 Å². The summed E-state index contributed by atoms with van der Waals surface area (Å²) in [6.07, 6.45) is 0. The quantitative estimate of drug-likeness (QED) is 0.0697. The molecular weight excluding hydrogens is 731 g/mol. The fourth-order valence-corrected chi connectivity index (χ4v) is 6.16. The molecule has 0 aromatic heterocycles. The Morgan fingerprint density at radius 3 is 1.77 bits per heavy atom. The van der Waals surface area contributed by atoms with Crippen LogP contribution in [0.3, 0.4) is 0 Å². The number of nitrogens with zero attached hydrogens (tertiary/aromatic N) is 1. The number of nitro benzene ring substituents is 1. The number of carbonyl (C=O) groups is 2. The number of rotatable bonds is 9. The maximum atomic E-state index is 13.3. The third-order valence-electron chi connectivity index (χ3n) is 6.12. The zero-order valence-electron chi connectivity index (χ0n) is 25.2. The molecule has 0 spiro atoms. The molecule has 236 valence electrons. The minimum atomic E-state index is -5.67. The van der Waals surface area contributed by atoms with Crippen LogP contribution in [-0.4, -0.2) is 62.8 Å². The molecule has 4 aromatic rings. The van der Waals surface area contributed by atoms with Gasteiger partial charge >= 0.3 is 88.7 Å². The monoisotopic (exact) mass is 747 g/mol. The van der Waals surface area contributed by atoms with Crippen molar-refractivity contribution in [2.75, 3.05) is 17.7 Å². The number of amides is 2. The molecule has 0 radical (unpaired) electrons. The zero-order valence-corrected chi connectivity index (χ0v) is 33.7. The number of methoxy groups -OCH3 is 1. The van der Waals surface area contributed by atoms with E-state index in [-0.39, 0.29) is 123 Å². The molecule has 0 unspecified atom stereocenters. The fourth-order valence-electron chi connectivity index (χ4n) is 4.15. The van der Waals surface area contributed by atoms with Gasteiger partial charge in [0.2, 0.25) is 0 Å². The average Bonchev–Trinajstić information content (AvgIpc) is 2.95. The van der Waals surface area contributed by atoms with Crippen molar-refractivity contribution < 1.29 is 147 Å². The number of nitro groups is 1. The predicted octanol–water partition coefficient (Wildman–Crippen LogP) is -7.01. The van der Waals surface area contributed by atoms with E-state index in [0.717, 1.165) is 24.3 Å². The number of hydrogen-bond acceptors (Lipinski definition) is 14. The van der Waals surface area contributed by atoms with Gasteiger partial charge in [0, 0.05) is 34.0 Å². The van der Waals surface area contributed by atoms with Crippen molar-refractivity contribution >= 4 is 70.0 Å². The van der Waals surface area contributed by atoms with E-state index in [1.54, 1.807) is 0 Å². The van der Waals surface area contributed by atoms with Crippen LogP contribution in [0, 0.1) is 10.1 Å². The van der Waals surface area contributed by atoms with Gasteiger partial charge in [-0.15, -0.1) is 0 Å². The predicted molar refractivity (Wildman–Crippen MR) is 150 cm³/mol. The summed E-state index contributed by atoms with van der Waals surface area (Å²) in [6.45, 7) is 0. The third kappa shape index (κ3) is 10.0. The van der Waals surface area contributed by atoms with Crippen LogP contribution in [0.2, 0.25) is 0 Å². The zero-order chi connectivity index (χ0) is 33.5. The third-order valence-corrected chi connectivity index (χ3v) is 8.68. The van der Waals surface area contributed by atoms with Gasteiger partial charge in [-0.05, 0) is 48.5 Å². The fraction of sp³-hybridized carbons (Fsp3) is 0.0400. The van der Waals surface area contributed by atoms with Crippen molar-refractivity contribution in [2.24, 2.45) is 0 Å². The van der Waals surface area contributed by atoms with Gasteiger partial charge in [0.25, 0.3) is 17.5 Å². The Labute approximate surface area is 339 Å². The summed E-state index contributed by atoms with van der Waals surface area (Å²) in [4.78, 5) is 32.5. The normalized spacial score (nSPS) is 11.2.